The highest BCUT2D eigenvalue weighted by atomic mass is 35.5. The summed E-state index contributed by atoms with van der Waals surface area (Å²) in [6.07, 6.45) is 0. The maximum Gasteiger partial charge on any atom is 0.364 e. The van der Waals surface area contributed by atoms with E-state index in [0.717, 1.165) is 9.91 Å². The molecule has 7 nitrogen and oxygen atoms in total. The highest BCUT2D eigenvalue weighted by molar-refractivity contribution is 6.18. The highest BCUT2D eigenvalue weighted by Gasteiger charge is 2.19. The first-order chi connectivity index (χ1) is 6.52. The van der Waals surface area contributed by atoms with Gasteiger partial charge in [-0.3, -0.25) is 10.4 Å². The number of carbonyl (C=O) groups is 2. The van der Waals surface area contributed by atoms with E-state index in [2.05, 4.69) is 0 Å². The van der Waals surface area contributed by atoms with Crippen LogP contribution in [-0.2, 0) is 4.79 Å². The van der Waals surface area contributed by atoms with Gasteiger partial charge in [0.05, 0.1) is 6.54 Å². The van der Waals surface area contributed by atoms with Crippen molar-refractivity contribution < 1.29 is 15.2 Å². The minimum Gasteiger partial charge on any atom is -0.609 e. The van der Waals surface area contributed by atoms with E-state index < -0.39 is 11.9 Å². The van der Waals surface area contributed by atoms with Crippen LogP contribution in [0, 0.1) is 5.21 Å². The maximum absolute atomic E-state index is 11.4. The minimum absolute atomic E-state index is 0.104. The lowest BCUT2D eigenvalue weighted by Gasteiger charge is -2.25. The molecule has 0 aliphatic heterocycles. The Labute approximate surface area is 86.3 Å². The molecule has 0 saturated carbocycles. The van der Waals surface area contributed by atoms with Crippen molar-refractivity contribution in [1.82, 2.24) is 9.91 Å². The molecule has 4 N–H and O–H groups in total. The molecule has 0 radical (unpaired) electrons. The minimum atomic E-state index is -0.641. The zero-order valence-corrected chi connectivity index (χ0v) is 8.53. The molecule has 0 saturated heterocycles. The van der Waals surface area contributed by atoms with Gasteiger partial charge < -0.3 is 15.8 Å². The number of rotatable bonds is 5. The van der Waals surface area contributed by atoms with E-state index in [1.165, 1.54) is 7.05 Å². The average molecular weight is 225 g/mol. The van der Waals surface area contributed by atoms with Crippen molar-refractivity contribution in [3.63, 3.8) is 0 Å². The fourth-order valence-corrected chi connectivity index (χ4v) is 0.987. The number of halogens is 1. The number of hydrogen-bond donors (Lipinski definition) is 2. The summed E-state index contributed by atoms with van der Waals surface area (Å²) in [6, 6.07) is -0.598. The van der Waals surface area contributed by atoms with E-state index in [0.29, 0.717) is 5.59 Å². The van der Waals surface area contributed by atoms with Crippen LogP contribution in [0.4, 0.5) is 4.79 Å². The predicted octanol–water partition coefficient (Wildman–Crippen LogP) is -1.96. The van der Waals surface area contributed by atoms with Gasteiger partial charge in [0.2, 0.25) is 5.91 Å². The molecule has 82 valence electrons. The summed E-state index contributed by atoms with van der Waals surface area (Å²) in [6.45, 7) is -0.127. The molecule has 0 aliphatic rings. The van der Waals surface area contributed by atoms with Crippen molar-refractivity contribution in [2.45, 2.75) is 0 Å². The first kappa shape index (κ1) is 12.9. The molecule has 0 atom stereocenters. The van der Waals surface area contributed by atoms with E-state index in [4.69, 9.17) is 17.3 Å². The van der Waals surface area contributed by atoms with Crippen molar-refractivity contribution in [2.75, 3.05) is 26.0 Å². The largest absolute Gasteiger partial charge is 0.609 e. The Hall–Kier alpha value is -1.05. The number of likely N-dealkylation sites (N-methyl/N-ethyl adjacent to an activating group) is 1. The number of quaternary nitrogens is 1. The van der Waals surface area contributed by atoms with Crippen molar-refractivity contribution in [2.24, 2.45) is 5.73 Å². The Balaban J connectivity index is 4.19. The number of nitrogens with two attached hydrogens (primary N) is 2. The van der Waals surface area contributed by atoms with Crippen LogP contribution >= 0.6 is 11.6 Å². The molecule has 0 rings (SSSR count). The lowest BCUT2D eigenvalue weighted by molar-refractivity contribution is -0.732. The van der Waals surface area contributed by atoms with E-state index in [9.17, 15) is 14.8 Å². The molecule has 0 spiro atoms. The van der Waals surface area contributed by atoms with Crippen molar-refractivity contribution in [1.29, 1.82) is 0 Å². The van der Waals surface area contributed by atoms with E-state index in [-0.39, 0.29) is 19.0 Å². The number of urea groups is 1. The first-order valence-electron chi connectivity index (χ1n) is 3.84. The number of primary amides is 1. The Morgan fingerprint density at radius 2 is 2.14 bits per heavy atom. The van der Waals surface area contributed by atoms with Crippen LogP contribution in [0.1, 0.15) is 0 Å². The van der Waals surface area contributed by atoms with Crippen LogP contribution in [0.5, 0.6) is 0 Å². The standard InChI is InChI=1S/C6H13ClN4O3/c1-10(4-5(8)12)6(13)11(9-14)3-2-7/h2-4,9H2,1H3,(H2,8,12). The van der Waals surface area contributed by atoms with Gasteiger partial charge in [-0.15, -0.1) is 11.6 Å². The highest BCUT2D eigenvalue weighted by Crippen LogP contribution is 1.90. The van der Waals surface area contributed by atoms with Crippen LogP contribution in [0.2, 0.25) is 0 Å². The lowest BCUT2D eigenvalue weighted by Crippen LogP contribution is -2.90. The van der Waals surface area contributed by atoms with Crippen molar-refractivity contribution in [3.8, 4) is 0 Å². The molecule has 8 heteroatoms. The van der Waals surface area contributed by atoms with Crippen LogP contribution in [0.15, 0.2) is 0 Å². The molecule has 14 heavy (non-hydrogen) atoms. The van der Waals surface area contributed by atoms with Gasteiger partial charge in [-0.2, -0.15) is 5.01 Å². The molecule has 0 aromatic heterocycles. The van der Waals surface area contributed by atoms with Gasteiger partial charge in [0.25, 0.3) is 0 Å². The van der Waals surface area contributed by atoms with Crippen molar-refractivity contribution in [3.05, 3.63) is 5.21 Å². The van der Waals surface area contributed by atoms with Gasteiger partial charge in [-0.05, 0) is 0 Å². The molecule has 0 aromatic rings. The summed E-state index contributed by atoms with van der Waals surface area (Å²) >= 11 is 5.37. The van der Waals surface area contributed by atoms with E-state index in [1.54, 1.807) is 0 Å². The molecule has 0 unspecified atom stereocenters. The Bertz CT molecular complexity index is 213. The molecule has 0 fully saturated rings. The number of hydrogen-bond acceptors (Lipinski definition) is 3. The van der Waals surface area contributed by atoms with E-state index in [1.807, 2.05) is 0 Å². The molecule has 0 aliphatic carbocycles. The normalized spacial score (nSPS) is 9.64. The first-order valence-corrected chi connectivity index (χ1v) is 4.37. The SMILES string of the molecule is CN(CC(N)=O)C(=O)N(CCCl)[NH2+][O-]. The quantitative estimate of drug-likeness (QED) is 0.245. The van der Waals surface area contributed by atoms with Gasteiger partial charge in [-0.25, -0.2) is 4.79 Å². The zero-order chi connectivity index (χ0) is 11.1. The Morgan fingerprint density at radius 1 is 1.57 bits per heavy atom. The second-order valence-electron chi connectivity index (χ2n) is 2.59. The topological polar surface area (TPSA) is 106 Å². The molecule has 0 aromatic carbocycles. The van der Waals surface area contributed by atoms with Gasteiger partial charge in [-0.1, -0.05) is 0 Å². The third kappa shape index (κ3) is 4.26. The summed E-state index contributed by atoms with van der Waals surface area (Å²) in [5, 5.41) is 11.3. The number of nitrogens with zero attached hydrogens (tertiary/aromatic N) is 2. The molecular formula is C6H13ClN4O3. The lowest BCUT2D eigenvalue weighted by atomic mass is 10.5. The maximum atomic E-state index is 11.4. The molecular weight excluding hydrogens is 212 g/mol. The fraction of sp³-hybridized carbons (Fsp3) is 0.667. The summed E-state index contributed by atoms with van der Waals surface area (Å²) in [5.41, 5.74) is 5.24. The fourth-order valence-electron chi connectivity index (χ4n) is 0.805. The average Bonchev–Trinajstić information content (AvgIpc) is 2.12. The van der Waals surface area contributed by atoms with Gasteiger partial charge in [0.1, 0.15) is 6.54 Å². The smallest absolute Gasteiger partial charge is 0.364 e. The predicted molar refractivity (Wildman–Crippen MR) is 49.9 cm³/mol. The third-order valence-electron chi connectivity index (χ3n) is 1.42. The van der Waals surface area contributed by atoms with Gasteiger partial charge in [0, 0.05) is 12.9 Å². The number of alkyl halides is 1. The van der Waals surface area contributed by atoms with Crippen molar-refractivity contribution >= 4 is 23.5 Å². The number of carbonyl (C=O) groups excluding carboxylic acids is 2. The monoisotopic (exact) mass is 224 g/mol. The molecule has 0 heterocycles. The Kier molecular flexibility index (Phi) is 5.93. The summed E-state index contributed by atoms with van der Waals surface area (Å²) in [4.78, 5) is 22.9. The van der Waals surface area contributed by atoms with Crippen LogP contribution in [0.3, 0.4) is 0 Å². The molecule has 0 bridgehead atoms. The van der Waals surface area contributed by atoms with Gasteiger partial charge in [0.15, 0.2) is 0 Å². The zero-order valence-electron chi connectivity index (χ0n) is 7.77. The van der Waals surface area contributed by atoms with E-state index >= 15 is 0 Å². The van der Waals surface area contributed by atoms with Crippen LogP contribution < -0.4 is 11.3 Å². The number of amides is 3. The second kappa shape index (κ2) is 6.41. The summed E-state index contributed by atoms with van der Waals surface area (Å²) in [5.74, 6) is -0.493. The van der Waals surface area contributed by atoms with Crippen LogP contribution in [0.25, 0.3) is 0 Å². The summed E-state index contributed by atoms with van der Waals surface area (Å²) in [7, 11) is 1.37. The molecule has 3 amide bonds. The Morgan fingerprint density at radius 3 is 2.50 bits per heavy atom. The summed E-state index contributed by atoms with van der Waals surface area (Å²) < 4.78 is 0. The third-order valence-corrected chi connectivity index (χ3v) is 1.59. The second-order valence-corrected chi connectivity index (χ2v) is 2.97. The van der Waals surface area contributed by atoms with Crippen LogP contribution in [-0.4, -0.2) is 47.9 Å². The van der Waals surface area contributed by atoms with Gasteiger partial charge >= 0.3 is 6.03 Å².